The molecule has 2 aromatic rings. The molecule has 0 unspecified atom stereocenters. The molecule has 7 heteroatoms. The van der Waals surface area contributed by atoms with Crippen molar-refractivity contribution in [1.82, 2.24) is 10.6 Å². The molecule has 22 heavy (non-hydrogen) atoms. The third-order valence-electron chi connectivity index (χ3n) is 2.83. The molecule has 2 N–H and O–H groups in total. The van der Waals surface area contributed by atoms with Gasteiger partial charge in [0.25, 0.3) is 0 Å². The van der Waals surface area contributed by atoms with Crippen LogP contribution in [0.5, 0.6) is 0 Å². The average molecular weight is 336 g/mol. The van der Waals surface area contributed by atoms with Gasteiger partial charge in [0.1, 0.15) is 0 Å². The monoisotopic (exact) mass is 336 g/mol. The number of carbonyl (C=O) groups is 3. The summed E-state index contributed by atoms with van der Waals surface area (Å²) in [6.45, 7) is 2.63. The lowest BCUT2D eigenvalue weighted by Gasteiger charge is -2.04. The van der Waals surface area contributed by atoms with E-state index in [4.69, 9.17) is 0 Å². The number of thiophene rings is 2. The fourth-order valence-corrected chi connectivity index (χ4v) is 3.24. The zero-order valence-corrected chi connectivity index (χ0v) is 13.7. The van der Waals surface area contributed by atoms with E-state index in [2.05, 4.69) is 10.6 Å². The van der Waals surface area contributed by atoms with Crippen molar-refractivity contribution in [3.05, 3.63) is 44.3 Å². The Balaban J connectivity index is 1.88. The van der Waals surface area contributed by atoms with Crippen LogP contribution in [-0.4, -0.2) is 24.1 Å². The van der Waals surface area contributed by atoms with Crippen LogP contribution in [0.15, 0.2) is 29.0 Å². The van der Waals surface area contributed by atoms with Crippen LogP contribution in [0, 0.1) is 0 Å². The summed E-state index contributed by atoms with van der Waals surface area (Å²) >= 11 is 2.79. The molecule has 0 radical (unpaired) electrons. The van der Waals surface area contributed by atoms with Crippen LogP contribution in [0.4, 0.5) is 0 Å². The predicted molar refractivity (Wildman–Crippen MR) is 87.2 cm³/mol. The molecule has 0 saturated carbocycles. The maximum absolute atomic E-state index is 12.2. The van der Waals surface area contributed by atoms with Gasteiger partial charge in [-0.15, -0.1) is 11.3 Å². The lowest BCUT2D eigenvalue weighted by molar-refractivity contribution is -0.139. The number of hydrogen-bond acceptors (Lipinski definition) is 5. The van der Waals surface area contributed by atoms with Gasteiger partial charge in [0, 0.05) is 22.4 Å². The minimum Gasteiger partial charge on any atom is -0.348 e. The zero-order valence-electron chi connectivity index (χ0n) is 12.0. The van der Waals surface area contributed by atoms with E-state index in [0.29, 0.717) is 17.0 Å². The molecule has 2 amide bonds. The van der Waals surface area contributed by atoms with Crippen molar-refractivity contribution in [3.63, 3.8) is 0 Å². The Labute approximate surface area is 136 Å². The zero-order chi connectivity index (χ0) is 15.9. The SMILES string of the molecule is CCCNC(=O)C(=O)NCc1ccc(C(=O)c2ccsc2)s1. The highest BCUT2D eigenvalue weighted by molar-refractivity contribution is 7.14. The quantitative estimate of drug-likeness (QED) is 0.627. The molecule has 0 aliphatic rings. The topological polar surface area (TPSA) is 75.3 Å². The van der Waals surface area contributed by atoms with Crippen molar-refractivity contribution in [2.75, 3.05) is 6.54 Å². The highest BCUT2D eigenvalue weighted by Crippen LogP contribution is 2.21. The maximum Gasteiger partial charge on any atom is 0.309 e. The van der Waals surface area contributed by atoms with Crippen LogP contribution in [0.1, 0.15) is 33.5 Å². The molecule has 0 spiro atoms. The van der Waals surface area contributed by atoms with E-state index in [1.54, 1.807) is 18.2 Å². The first kappa shape index (κ1) is 16.4. The maximum atomic E-state index is 12.2. The Morgan fingerprint density at radius 2 is 1.86 bits per heavy atom. The Morgan fingerprint density at radius 1 is 1.09 bits per heavy atom. The summed E-state index contributed by atoms with van der Waals surface area (Å²) in [6.07, 6.45) is 0.776. The standard InChI is InChI=1S/C15H16N2O3S2/c1-2-6-16-14(19)15(20)17-8-11-3-4-12(22-11)13(18)10-5-7-21-9-10/h3-5,7,9H,2,6,8H2,1H3,(H,16,19)(H,17,20). The fourth-order valence-electron chi connectivity index (χ4n) is 1.70. The number of amides is 2. The Hall–Kier alpha value is -1.99. The van der Waals surface area contributed by atoms with Gasteiger partial charge in [0.2, 0.25) is 5.78 Å². The first-order valence-corrected chi connectivity index (χ1v) is 8.59. The summed E-state index contributed by atoms with van der Waals surface area (Å²) in [5, 5.41) is 8.72. The molecule has 0 fully saturated rings. The number of carbonyl (C=O) groups excluding carboxylic acids is 3. The second-order valence-electron chi connectivity index (χ2n) is 4.55. The minimum absolute atomic E-state index is 0.0236. The first-order valence-electron chi connectivity index (χ1n) is 6.83. The molecule has 0 aliphatic heterocycles. The van der Waals surface area contributed by atoms with Crippen molar-refractivity contribution in [1.29, 1.82) is 0 Å². The molecule has 0 bridgehead atoms. The van der Waals surface area contributed by atoms with Crippen molar-refractivity contribution in [2.24, 2.45) is 0 Å². The van der Waals surface area contributed by atoms with Crippen LogP contribution >= 0.6 is 22.7 Å². The van der Waals surface area contributed by atoms with Crippen LogP contribution in [0.2, 0.25) is 0 Å². The number of nitrogens with one attached hydrogen (secondary N) is 2. The summed E-state index contributed by atoms with van der Waals surface area (Å²) in [4.78, 5) is 36.6. The van der Waals surface area contributed by atoms with Crippen molar-refractivity contribution >= 4 is 40.3 Å². The summed E-state index contributed by atoms with van der Waals surface area (Å²) in [7, 11) is 0. The molecule has 0 aromatic carbocycles. The summed E-state index contributed by atoms with van der Waals surface area (Å²) in [5.41, 5.74) is 0.668. The van der Waals surface area contributed by atoms with Gasteiger partial charge >= 0.3 is 11.8 Å². The van der Waals surface area contributed by atoms with Gasteiger partial charge in [-0.1, -0.05) is 6.92 Å². The third kappa shape index (κ3) is 4.25. The molecular weight excluding hydrogens is 320 g/mol. The lowest BCUT2D eigenvalue weighted by atomic mass is 10.2. The van der Waals surface area contributed by atoms with Crippen molar-refractivity contribution in [3.8, 4) is 0 Å². The van der Waals surface area contributed by atoms with Gasteiger partial charge in [0.15, 0.2) is 0 Å². The first-order chi connectivity index (χ1) is 10.6. The number of ketones is 1. The third-order valence-corrected chi connectivity index (χ3v) is 4.60. The molecule has 116 valence electrons. The normalized spacial score (nSPS) is 10.2. The van der Waals surface area contributed by atoms with E-state index in [9.17, 15) is 14.4 Å². The summed E-state index contributed by atoms with van der Waals surface area (Å²) in [5.74, 6) is -1.31. The van der Waals surface area contributed by atoms with Crippen LogP contribution in [0.25, 0.3) is 0 Å². The van der Waals surface area contributed by atoms with E-state index in [-0.39, 0.29) is 12.3 Å². The number of rotatable bonds is 6. The largest absolute Gasteiger partial charge is 0.348 e. The second kappa shape index (κ2) is 7.86. The van der Waals surface area contributed by atoms with Crippen LogP contribution < -0.4 is 10.6 Å². The van der Waals surface area contributed by atoms with E-state index in [1.165, 1.54) is 22.7 Å². The second-order valence-corrected chi connectivity index (χ2v) is 6.49. The Kier molecular flexibility index (Phi) is 5.85. The molecule has 0 saturated heterocycles. The molecule has 2 aromatic heterocycles. The van der Waals surface area contributed by atoms with E-state index >= 15 is 0 Å². The van der Waals surface area contributed by atoms with Gasteiger partial charge < -0.3 is 10.6 Å². The van der Waals surface area contributed by atoms with Crippen molar-refractivity contribution in [2.45, 2.75) is 19.9 Å². The van der Waals surface area contributed by atoms with Crippen molar-refractivity contribution < 1.29 is 14.4 Å². The fraction of sp³-hybridized carbons (Fsp3) is 0.267. The molecular formula is C15H16N2O3S2. The number of hydrogen-bond donors (Lipinski definition) is 2. The highest BCUT2D eigenvalue weighted by atomic mass is 32.1. The minimum atomic E-state index is -0.660. The Bertz CT molecular complexity index is 662. The van der Waals surface area contributed by atoms with E-state index < -0.39 is 11.8 Å². The predicted octanol–water partition coefficient (Wildman–Crippen LogP) is 2.18. The summed E-state index contributed by atoms with van der Waals surface area (Å²) in [6, 6.07) is 5.31. The van der Waals surface area contributed by atoms with Gasteiger partial charge in [-0.2, -0.15) is 11.3 Å². The van der Waals surface area contributed by atoms with E-state index in [0.717, 1.165) is 11.3 Å². The van der Waals surface area contributed by atoms with Gasteiger partial charge in [-0.3, -0.25) is 14.4 Å². The van der Waals surface area contributed by atoms with Gasteiger partial charge in [0.05, 0.1) is 11.4 Å². The molecule has 2 heterocycles. The smallest absolute Gasteiger partial charge is 0.309 e. The Morgan fingerprint density at radius 3 is 2.55 bits per heavy atom. The summed E-state index contributed by atoms with van der Waals surface area (Å²) < 4.78 is 0. The highest BCUT2D eigenvalue weighted by Gasteiger charge is 2.14. The van der Waals surface area contributed by atoms with Crippen LogP contribution in [0.3, 0.4) is 0 Å². The van der Waals surface area contributed by atoms with Crippen LogP contribution in [-0.2, 0) is 16.1 Å². The lowest BCUT2D eigenvalue weighted by Crippen LogP contribution is -2.39. The molecule has 0 atom stereocenters. The molecule has 2 rings (SSSR count). The average Bonchev–Trinajstić information content (AvgIpc) is 3.20. The van der Waals surface area contributed by atoms with Gasteiger partial charge in [-0.25, -0.2) is 0 Å². The van der Waals surface area contributed by atoms with Gasteiger partial charge in [-0.05, 0) is 30.0 Å². The molecule has 5 nitrogen and oxygen atoms in total. The van der Waals surface area contributed by atoms with E-state index in [1.807, 2.05) is 17.7 Å². The molecule has 0 aliphatic carbocycles.